The molecule has 21 aromatic carbocycles. The Morgan fingerprint density at radius 3 is 0.800 bits per heavy atom. The van der Waals surface area contributed by atoms with Crippen LogP contribution in [-0.2, 0) is 0 Å². The summed E-state index contributed by atoms with van der Waals surface area (Å²) in [4.78, 5) is 44.7. The fraction of sp³-hybridized carbons (Fsp3) is 0. The molecule has 0 N–H and O–H groups in total. The Morgan fingerprint density at radius 2 is 0.413 bits per heavy atom. The maximum Gasteiger partial charge on any atom is 0.164 e. The first kappa shape index (κ1) is 87.6. The fourth-order valence-electron chi connectivity index (χ4n) is 21.3. The molecule has 0 amide bonds. The lowest BCUT2D eigenvalue weighted by molar-refractivity contribution is 0.669. The summed E-state index contributed by atoms with van der Waals surface area (Å²) in [5, 5.41) is 14.3. The van der Waals surface area contributed by atoms with Crippen LogP contribution < -0.4 is 0 Å². The van der Waals surface area contributed by atoms with Crippen molar-refractivity contribution in [3.63, 3.8) is 0 Å². The predicted octanol–water partition coefficient (Wildman–Crippen LogP) is 35.1. The molecule has 0 atom stereocenters. The van der Waals surface area contributed by atoms with Gasteiger partial charge in [0.05, 0.1) is 33.1 Å². The maximum absolute atomic E-state index is 6.45. The Kier molecular flexibility index (Phi) is 21.8. The molecule has 0 bridgehead atoms. The van der Waals surface area contributed by atoms with Crippen molar-refractivity contribution in [3.05, 3.63) is 510 Å². The van der Waals surface area contributed by atoms with Gasteiger partial charge in [0.2, 0.25) is 0 Å². The monoisotopic (exact) mass is 1940 g/mol. The van der Waals surface area contributed by atoms with Crippen LogP contribution in [0.2, 0.25) is 0 Å². The molecule has 702 valence electrons. The summed E-state index contributed by atoms with van der Waals surface area (Å²) in [5.41, 5.74) is 28.8. The lowest BCUT2D eigenvalue weighted by Crippen LogP contribution is -2.01. The molecule has 30 rings (SSSR count). The summed E-state index contributed by atoms with van der Waals surface area (Å²) in [6.07, 6.45) is 0. The molecule has 0 spiro atoms. The van der Waals surface area contributed by atoms with Gasteiger partial charge in [0.1, 0.15) is 22.3 Å². The molecule has 9 aromatic heterocycles. The Bertz CT molecular complexity index is 9930. The zero-order valence-electron chi connectivity index (χ0n) is 80.6. The number of furan rings is 2. The largest absolute Gasteiger partial charge is 0.455 e. The van der Waals surface area contributed by atoms with Gasteiger partial charge in [-0.25, -0.2) is 44.9 Å². The van der Waals surface area contributed by atoms with Gasteiger partial charge in [-0.2, -0.15) is 0 Å². The molecule has 0 aliphatic rings. The van der Waals surface area contributed by atoms with Crippen molar-refractivity contribution in [1.82, 2.24) is 58.6 Å². The van der Waals surface area contributed by atoms with Crippen molar-refractivity contribution >= 4 is 141 Å². The number of fused-ring (bicyclic) bond motifs is 18. The van der Waals surface area contributed by atoms with E-state index in [1.165, 1.54) is 63.6 Å². The van der Waals surface area contributed by atoms with E-state index in [0.29, 0.717) is 52.4 Å². The highest BCUT2D eigenvalue weighted by Gasteiger charge is 2.26. The van der Waals surface area contributed by atoms with Crippen molar-refractivity contribution in [2.75, 3.05) is 0 Å². The second-order valence-corrected chi connectivity index (χ2v) is 38.4. The Morgan fingerprint density at radius 1 is 0.153 bits per heavy atom. The van der Waals surface area contributed by atoms with Crippen LogP contribution in [0.3, 0.4) is 0 Å². The molecule has 0 radical (unpaired) electrons. The predicted molar refractivity (Wildman–Crippen MR) is 615 cm³/mol. The summed E-state index contributed by atoms with van der Waals surface area (Å²) < 4.78 is 22.5. The summed E-state index contributed by atoms with van der Waals surface area (Å²) in [6.45, 7) is 0. The van der Waals surface area contributed by atoms with Gasteiger partial charge >= 0.3 is 0 Å². The summed E-state index contributed by atoms with van der Waals surface area (Å²) in [6, 6.07) is 177. The van der Waals surface area contributed by atoms with Gasteiger partial charge in [-0.05, 0) is 119 Å². The second kappa shape index (κ2) is 37.2. The second-order valence-electron chi connectivity index (χ2n) is 37.4. The highest BCUT2D eigenvalue weighted by molar-refractivity contribution is 7.26. The van der Waals surface area contributed by atoms with Gasteiger partial charge in [0, 0.05) is 152 Å². The molecule has 0 aliphatic heterocycles. The molecule has 30 aromatic rings. The minimum Gasteiger partial charge on any atom is -0.455 e. The Balaban J connectivity index is 0.000000108. The fourth-order valence-corrected chi connectivity index (χ4v) is 22.6. The van der Waals surface area contributed by atoms with E-state index < -0.39 is 0 Å². The van der Waals surface area contributed by atoms with Crippen molar-refractivity contribution < 1.29 is 8.83 Å². The van der Waals surface area contributed by atoms with Crippen LogP contribution in [0.15, 0.2) is 518 Å². The van der Waals surface area contributed by atoms with E-state index in [4.69, 9.17) is 53.7 Å². The van der Waals surface area contributed by atoms with E-state index in [1.807, 2.05) is 218 Å². The number of hydrogen-bond donors (Lipinski definition) is 0. The third kappa shape index (κ3) is 15.8. The minimum atomic E-state index is 0.623. The number of hydrogen-bond acceptors (Lipinski definition) is 12. The summed E-state index contributed by atoms with van der Waals surface area (Å²) >= 11 is 1.87. The van der Waals surface area contributed by atoms with Crippen LogP contribution in [0.4, 0.5) is 0 Å². The Hall–Kier alpha value is -20.1. The van der Waals surface area contributed by atoms with Gasteiger partial charge < -0.3 is 22.5 Å². The van der Waals surface area contributed by atoms with Crippen molar-refractivity contribution in [3.8, 4) is 153 Å². The standard InChI is InChI=1S/2C45H28N4O.C45H28N4S/c1-3-13-29(14-4-1)43-46-44(30-15-5-2-6-16-30)48-45(47-43)32-17-11-18-33(27-32)49-39-23-9-7-19-35(39)36-26-25-31(28-40(36)49)34-21-12-22-38-37-20-8-10-24-41(37)50-42(34)38;1-3-13-29(14-4-1)43-46-44(30-15-5-2-6-16-30)48-45(47-43)32-17-11-18-33(27-32)49-39-23-9-7-19-35(39)38-28-31(25-26-40(38)49)34-21-12-22-37-36-20-8-10-24-41(36)50-42(34)37;1-3-13-29(14-4-1)43-46-44(30-15-5-2-6-16-30)48-45(47-43)32-17-11-18-33(27-32)49-39-23-9-7-19-35(39)36-26-25-31(28-40(36)49)34-21-12-22-38-37-20-8-10-24-41(37)50-42(34)38/h3*1-28H. The molecule has 150 heavy (non-hydrogen) atoms. The zero-order valence-corrected chi connectivity index (χ0v) is 81.4. The van der Waals surface area contributed by atoms with Crippen LogP contribution in [0.1, 0.15) is 0 Å². The van der Waals surface area contributed by atoms with E-state index in [2.05, 4.69) is 317 Å². The topological polar surface area (TPSA) is 157 Å². The molecule has 15 heteroatoms. The molecule has 0 aliphatic carbocycles. The van der Waals surface area contributed by atoms with Crippen LogP contribution in [0.25, 0.3) is 282 Å². The first-order valence-corrected chi connectivity index (χ1v) is 50.9. The third-order valence-corrected chi connectivity index (χ3v) is 29.6. The van der Waals surface area contributed by atoms with E-state index in [9.17, 15) is 0 Å². The van der Waals surface area contributed by atoms with Crippen LogP contribution in [0.5, 0.6) is 0 Å². The third-order valence-electron chi connectivity index (χ3n) is 28.4. The quantitative estimate of drug-likeness (QED) is 0.0962. The normalized spacial score (nSPS) is 11.6. The maximum atomic E-state index is 6.45. The highest BCUT2D eigenvalue weighted by Crippen LogP contribution is 2.47. The first-order chi connectivity index (χ1) is 74.3. The molecular formula is C135H84N12O2S. The van der Waals surface area contributed by atoms with Crippen molar-refractivity contribution in [1.29, 1.82) is 0 Å². The van der Waals surface area contributed by atoms with Crippen LogP contribution >= 0.6 is 11.3 Å². The van der Waals surface area contributed by atoms with Crippen molar-refractivity contribution in [2.24, 2.45) is 0 Å². The molecule has 0 unspecified atom stereocenters. The first-order valence-electron chi connectivity index (χ1n) is 50.1. The zero-order chi connectivity index (χ0) is 99.1. The number of thiophene rings is 1. The molecular weight excluding hydrogens is 1850 g/mol. The summed E-state index contributed by atoms with van der Waals surface area (Å²) in [5.74, 6) is 5.75. The smallest absolute Gasteiger partial charge is 0.164 e. The molecule has 0 saturated heterocycles. The molecule has 14 nitrogen and oxygen atoms in total. The van der Waals surface area contributed by atoms with Crippen LogP contribution in [-0.4, -0.2) is 58.6 Å². The lowest BCUT2D eigenvalue weighted by atomic mass is 10.0. The minimum absolute atomic E-state index is 0.623. The van der Waals surface area contributed by atoms with E-state index in [1.54, 1.807) is 0 Å². The Labute approximate surface area is 864 Å². The van der Waals surface area contributed by atoms with Gasteiger partial charge in [-0.3, -0.25) is 0 Å². The van der Waals surface area contributed by atoms with E-state index >= 15 is 0 Å². The molecule has 9 heterocycles. The number of rotatable bonds is 15. The number of benzene rings is 21. The van der Waals surface area contributed by atoms with Gasteiger partial charge in [-0.1, -0.05) is 413 Å². The summed E-state index contributed by atoms with van der Waals surface area (Å²) in [7, 11) is 0. The average molecular weight is 1940 g/mol. The van der Waals surface area contributed by atoms with Gasteiger partial charge in [0.25, 0.3) is 0 Å². The van der Waals surface area contributed by atoms with Crippen LogP contribution in [0, 0.1) is 0 Å². The van der Waals surface area contributed by atoms with E-state index in [0.717, 1.165) is 166 Å². The highest BCUT2D eigenvalue weighted by atomic mass is 32.1. The number of para-hydroxylation sites is 7. The number of aromatic nitrogens is 12. The SMILES string of the molecule is c1ccc(-c2nc(-c3ccccc3)nc(-c3cccc(-n4c5ccccc5c5cc(-c6cccc7c6oc6ccccc67)ccc54)c3)n2)cc1.c1ccc(-c2nc(-c3ccccc3)nc(-c3cccc(-n4c5ccccc5c5ccc(-c6cccc7c6oc6ccccc67)cc54)c3)n2)cc1.c1ccc(-c2nc(-c3ccccc3)nc(-c3cccc(-n4c5ccccc5c5ccc(-c6cccc7c6sc6ccccc67)cc54)c3)n2)cc1. The van der Waals surface area contributed by atoms with Gasteiger partial charge in [-0.15, -0.1) is 11.3 Å². The van der Waals surface area contributed by atoms with E-state index in [-0.39, 0.29) is 0 Å². The lowest BCUT2D eigenvalue weighted by Gasteiger charge is -2.12. The molecule has 0 fully saturated rings. The van der Waals surface area contributed by atoms with Crippen molar-refractivity contribution in [2.45, 2.75) is 0 Å². The average Bonchev–Trinajstić information content (AvgIpc) is 1.58. The number of nitrogens with zero attached hydrogens (tertiary/aromatic N) is 12. The van der Waals surface area contributed by atoms with Gasteiger partial charge in [0.15, 0.2) is 52.4 Å². The molecule has 0 saturated carbocycles.